The van der Waals surface area contributed by atoms with Gasteiger partial charge >= 0.3 is 0 Å². The quantitative estimate of drug-likeness (QED) is 0.326. The zero-order valence-electron chi connectivity index (χ0n) is 20.4. The summed E-state index contributed by atoms with van der Waals surface area (Å²) in [4.78, 5) is 27.9. The molecule has 1 aliphatic heterocycles. The number of nitrogens with zero attached hydrogens (tertiary/aromatic N) is 2. The van der Waals surface area contributed by atoms with Crippen molar-refractivity contribution in [3.63, 3.8) is 0 Å². The van der Waals surface area contributed by atoms with E-state index >= 15 is 0 Å². The van der Waals surface area contributed by atoms with Gasteiger partial charge in [-0.15, -0.1) is 0 Å². The van der Waals surface area contributed by atoms with Gasteiger partial charge < -0.3 is 23.5 Å². The third kappa shape index (κ3) is 4.47. The van der Waals surface area contributed by atoms with E-state index in [1.54, 1.807) is 44.2 Å². The average Bonchev–Trinajstić information content (AvgIpc) is 3.61. The Morgan fingerprint density at radius 1 is 1.03 bits per heavy atom. The van der Waals surface area contributed by atoms with Crippen molar-refractivity contribution in [2.24, 2.45) is 0 Å². The number of carbonyl (C=O) groups excluding carboxylic acids is 2. The number of methoxy groups -OCH3 is 1. The largest absolute Gasteiger partial charge is 0.503 e. The summed E-state index contributed by atoms with van der Waals surface area (Å²) in [7, 11) is 1.50. The SMILES string of the molecule is COc1cc([C@H]2C(C(=O)c3ccc(C)o3)=C(O)C(=O)N2c2cc(C)on2)ccc1OCc1ccccc1. The Hall–Kier alpha value is -4.79. The molecule has 2 aromatic heterocycles. The number of benzene rings is 2. The Labute approximate surface area is 212 Å². The Bertz CT molecular complexity index is 1500. The highest BCUT2D eigenvalue weighted by Gasteiger charge is 2.46. The number of anilines is 1. The minimum Gasteiger partial charge on any atom is -0.503 e. The van der Waals surface area contributed by atoms with E-state index in [9.17, 15) is 14.7 Å². The number of rotatable bonds is 8. The molecule has 0 spiro atoms. The smallest absolute Gasteiger partial charge is 0.295 e. The second kappa shape index (κ2) is 9.69. The summed E-state index contributed by atoms with van der Waals surface area (Å²) in [6, 6.07) is 18.4. The van der Waals surface area contributed by atoms with Gasteiger partial charge in [0.1, 0.15) is 18.1 Å². The summed E-state index contributed by atoms with van der Waals surface area (Å²) >= 11 is 0. The van der Waals surface area contributed by atoms with Crippen molar-refractivity contribution in [3.05, 3.63) is 106 Å². The maximum atomic E-state index is 13.5. The van der Waals surface area contributed by atoms with Crippen LogP contribution in [0.15, 0.2) is 87.0 Å². The van der Waals surface area contributed by atoms with Crippen LogP contribution in [-0.2, 0) is 11.4 Å². The maximum absolute atomic E-state index is 13.5. The van der Waals surface area contributed by atoms with Crippen molar-refractivity contribution in [1.82, 2.24) is 5.16 Å². The van der Waals surface area contributed by atoms with Crippen LogP contribution in [0.25, 0.3) is 0 Å². The van der Waals surface area contributed by atoms with E-state index in [-0.39, 0.29) is 17.2 Å². The van der Waals surface area contributed by atoms with Gasteiger partial charge in [-0.1, -0.05) is 41.6 Å². The van der Waals surface area contributed by atoms with Gasteiger partial charge in [-0.3, -0.25) is 14.5 Å². The topological polar surface area (TPSA) is 115 Å². The van der Waals surface area contributed by atoms with E-state index in [2.05, 4.69) is 5.16 Å². The fourth-order valence-electron chi connectivity index (χ4n) is 4.25. The lowest BCUT2D eigenvalue weighted by atomic mass is 9.94. The molecule has 1 aliphatic rings. The molecule has 1 atom stereocenters. The van der Waals surface area contributed by atoms with E-state index in [1.807, 2.05) is 30.3 Å². The molecule has 0 fully saturated rings. The van der Waals surface area contributed by atoms with Gasteiger partial charge in [-0.2, -0.15) is 0 Å². The third-order valence-electron chi connectivity index (χ3n) is 6.02. The number of aromatic nitrogens is 1. The van der Waals surface area contributed by atoms with E-state index in [4.69, 9.17) is 18.4 Å². The first-order valence-electron chi connectivity index (χ1n) is 11.5. The summed E-state index contributed by atoms with van der Waals surface area (Å²) in [6.07, 6.45) is 0. The fraction of sp³-hybridized carbons (Fsp3) is 0.179. The molecule has 0 bridgehead atoms. The molecule has 1 amide bonds. The van der Waals surface area contributed by atoms with Crippen LogP contribution in [0.5, 0.6) is 11.5 Å². The number of ether oxygens (including phenoxy) is 2. The third-order valence-corrected chi connectivity index (χ3v) is 6.02. The van der Waals surface area contributed by atoms with Crippen LogP contribution >= 0.6 is 0 Å². The van der Waals surface area contributed by atoms with Crippen molar-refractivity contribution in [2.75, 3.05) is 12.0 Å². The van der Waals surface area contributed by atoms with E-state index in [0.29, 0.717) is 35.2 Å². The highest BCUT2D eigenvalue weighted by Crippen LogP contribution is 2.44. The van der Waals surface area contributed by atoms with Gasteiger partial charge in [-0.25, -0.2) is 0 Å². The molecule has 5 rings (SSSR count). The van der Waals surface area contributed by atoms with Crippen LogP contribution in [0.1, 0.15) is 39.2 Å². The molecule has 0 radical (unpaired) electrons. The Morgan fingerprint density at radius 3 is 2.46 bits per heavy atom. The van der Waals surface area contributed by atoms with Gasteiger partial charge in [0.2, 0.25) is 5.78 Å². The van der Waals surface area contributed by atoms with Crippen LogP contribution in [-0.4, -0.2) is 29.1 Å². The minimum absolute atomic E-state index is 0.00446. The molecule has 0 saturated carbocycles. The van der Waals surface area contributed by atoms with Gasteiger partial charge in [-0.05, 0) is 49.2 Å². The number of aryl methyl sites for hydroxylation is 2. The van der Waals surface area contributed by atoms with E-state index < -0.39 is 23.5 Å². The summed E-state index contributed by atoms with van der Waals surface area (Å²) in [5, 5.41) is 14.8. The molecule has 4 aromatic rings. The van der Waals surface area contributed by atoms with Gasteiger partial charge in [0.25, 0.3) is 5.91 Å². The van der Waals surface area contributed by atoms with Crippen molar-refractivity contribution in [1.29, 1.82) is 0 Å². The van der Waals surface area contributed by atoms with Crippen LogP contribution in [0.4, 0.5) is 5.82 Å². The van der Waals surface area contributed by atoms with Gasteiger partial charge in [0.05, 0.1) is 18.7 Å². The minimum atomic E-state index is -1.02. The molecule has 37 heavy (non-hydrogen) atoms. The predicted octanol–water partition coefficient (Wildman–Crippen LogP) is 5.25. The number of amides is 1. The molecular weight excluding hydrogens is 476 g/mol. The zero-order valence-corrected chi connectivity index (χ0v) is 20.4. The lowest BCUT2D eigenvalue weighted by Gasteiger charge is -2.25. The monoisotopic (exact) mass is 500 g/mol. The average molecular weight is 501 g/mol. The number of aliphatic hydroxyl groups is 1. The molecule has 188 valence electrons. The number of hydrogen-bond acceptors (Lipinski definition) is 8. The summed E-state index contributed by atoms with van der Waals surface area (Å²) in [5.41, 5.74) is 1.34. The summed E-state index contributed by atoms with van der Waals surface area (Å²) in [6.45, 7) is 3.70. The molecule has 0 aliphatic carbocycles. The lowest BCUT2D eigenvalue weighted by Crippen LogP contribution is -2.31. The first-order chi connectivity index (χ1) is 17.9. The molecule has 2 aromatic carbocycles. The Kier molecular flexibility index (Phi) is 6.27. The number of furan rings is 1. The Morgan fingerprint density at radius 2 is 1.81 bits per heavy atom. The predicted molar refractivity (Wildman–Crippen MR) is 133 cm³/mol. The second-order valence-corrected chi connectivity index (χ2v) is 8.56. The molecule has 1 N–H and O–H groups in total. The standard InChI is InChI=1S/C28H24N2O7/c1-16-9-11-21(36-16)26(31)24-25(30(28(33)27(24)32)23-13-17(2)37-29-23)19-10-12-20(22(14-19)34-3)35-15-18-7-5-4-6-8-18/h4-14,25,32H,15H2,1-3H3/t25-/m0/s1. The molecular formula is C28H24N2O7. The summed E-state index contributed by atoms with van der Waals surface area (Å²) in [5.74, 6) is -0.0724. The number of hydrogen-bond donors (Lipinski definition) is 1. The van der Waals surface area contributed by atoms with Crippen molar-refractivity contribution in [2.45, 2.75) is 26.5 Å². The van der Waals surface area contributed by atoms with E-state index in [1.165, 1.54) is 18.1 Å². The zero-order chi connectivity index (χ0) is 26.1. The molecule has 3 heterocycles. The number of ketones is 1. The maximum Gasteiger partial charge on any atom is 0.295 e. The Balaban J connectivity index is 1.56. The molecule has 9 heteroatoms. The van der Waals surface area contributed by atoms with Crippen molar-refractivity contribution >= 4 is 17.5 Å². The van der Waals surface area contributed by atoms with E-state index in [0.717, 1.165) is 5.56 Å². The molecule has 0 saturated heterocycles. The first-order valence-corrected chi connectivity index (χ1v) is 11.5. The van der Waals surface area contributed by atoms with Crippen LogP contribution in [0.3, 0.4) is 0 Å². The number of carbonyl (C=O) groups is 2. The van der Waals surface area contributed by atoms with Crippen molar-refractivity contribution < 1.29 is 33.1 Å². The van der Waals surface area contributed by atoms with Crippen LogP contribution < -0.4 is 14.4 Å². The highest BCUT2D eigenvalue weighted by atomic mass is 16.5. The molecule has 9 nitrogen and oxygen atoms in total. The first kappa shape index (κ1) is 23.9. The number of aliphatic hydroxyl groups excluding tert-OH is 1. The lowest BCUT2D eigenvalue weighted by molar-refractivity contribution is -0.117. The fourth-order valence-corrected chi connectivity index (χ4v) is 4.25. The van der Waals surface area contributed by atoms with Crippen LogP contribution in [0.2, 0.25) is 0 Å². The highest BCUT2D eigenvalue weighted by molar-refractivity contribution is 6.20. The van der Waals surface area contributed by atoms with Gasteiger partial charge in [0, 0.05) is 6.07 Å². The summed E-state index contributed by atoms with van der Waals surface area (Å²) < 4.78 is 22.2. The number of Topliss-reactive ketones (excluding diaryl/α,β-unsaturated/α-hetero) is 1. The second-order valence-electron chi connectivity index (χ2n) is 8.56. The normalized spacial score (nSPS) is 15.4. The van der Waals surface area contributed by atoms with Gasteiger partial charge in [0.15, 0.2) is 28.8 Å². The van der Waals surface area contributed by atoms with Crippen molar-refractivity contribution in [3.8, 4) is 11.5 Å². The van der Waals surface area contributed by atoms with Crippen LogP contribution in [0, 0.1) is 13.8 Å². The molecule has 0 unspecified atom stereocenters.